The highest BCUT2D eigenvalue weighted by atomic mass is 28.3. The smallest absolute Gasteiger partial charge is 0.144 e. The molecule has 1 aliphatic carbocycles. The van der Waals surface area contributed by atoms with Crippen LogP contribution in [0.1, 0.15) is 37.2 Å². The van der Waals surface area contributed by atoms with E-state index in [0.29, 0.717) is 5.92 Å². The second-order valence-corrected chi connectivity index (χ2v) is 14.2. The van der Waals surface area contributed by atoms with E-state index in [4.69, 9.17) is 9.40 Å². The van der Waals surface area contributed by atoms with Crippen molar-refractivity contribution in [2.75, 3.05) is 0 Å². The fourth-order valence-corrected chi connectivity index (χ4v) is 6.14. The Kier molecular flexibility index (Phi) is 4.16. The van der Waals surface area contributed by atoms with E-state index in [1.165, 1.54) is 47.2 Å². The molecule has 1 saturated carbocycles. The molecule has 28 heavy (non-hydrogen) atoms. The van der Waals surface area contributed by atoms with Crippen LogP contribution in [0.2, 0.25) is 19.6 Å². The van der Waals surface area contributed by atoms with Crippen LogP contribution in [0.25, 0.3) is 33.2 Å². The second-order valence-electron chi connectivity index (χ2n) is 9.17. The van der Waals surface area contributed by atoms with E-state index in [1.807, 2.05) is 0 Å². The summed E-state index contributed by atoms with van der Waals surface area (Å²) < 4.78 is 6.52. The minimum Gasteiger partial charge on any atom is -0.455 e. The number of hydrogen-bond acceptors (Lipinski definition) is 2. The van der Waals surface area contributed by atoms with Crippen molar-refractivity contribution < 1.29 is 4.42 Å². The molecule has 0 unspecified atom stereocenters. The van der Waals surface area contributed by atoms with Crippen LogP contribution in [-0.2, 0) is 0 Å². The van der Waals surface area contributed by atoms with Crippen LogP contribution < -0.4 is 5.19 Å². The molecule has 2 heterocycles. The number of nitrogens with zero attached hydrogens (tertiary/aromatic N) is 1. The van der Waals surface area contributed by atoms with E-state index in [9.17, 15) is 0 Å². The van der Waals surface area contributed by atoms with Crippen LogP contribution in [0, 0.1) is 0 Å². The van der Waals surface area contributed by atoms with Gasteiger partial charge in [0.15, 0.2) is 0 Å². The van der Waals surface area contributed by atoms with E-state index >= 15 is 0 Å². The minimum absolute atomic E-state index is 0.697. The Hall–Kier alpha value is -2.39. The zero-order valence-corrected chi connectivity index (χ0v) is 18.0. The maximum atomic E-state index is 6.52. The van der Waals surface area contributed by atoms with Crippen molar-refractivity contribution in [2.24, 2.45) is 0 Å². The highest BCUT2D eigenvalue weighted by molar-refractivity contribution is 6.90. The lowest BCUT2D eigenvalue weighted by Crippen LogP contribution is -2.37. The largest absolute Gasteiger partial charge is 0.455 e. The number of benzene rings is 2. The van der Waals surface area contributed by atoms with E-state index in [0.717, 1.165) is 22.4 Å². The van der Waals surface area contributed by atoms with Gasteiger partial charge in [-0.15, -0.1) is 0 Å². The highest BCUT2D eigenvalue weighted by Crippen LogP contribution is 2.37. The van der Waals surface area contributed by atoms with Crippen molar-refractivity contribution >= 4 is 35.2 Å². The van der Waals surface area contributed by atoms with E-state index in [2.05, 4.69) is 74.4 Å². The van der Waals surface area contributed by atoms with E-state index in [1.54, 1.807) is 0 Å². The van der Waals surface area contributed by atoms with Crippen molar-refractivity contribution in [1.82, 2.24) is 4.98 Å². The number of rotatable bonds is 3. The van der Waals surface area contributed by atoms with Crippen molar-refractivity contribution in [2.45, 2.75) is 51.2 Å². The highest BCUT2D eigenvalue weighted by Gasteiger charge is 2.23. The zero-order valence-electron chi connectivity index (χ0n) is 17.0. The Labute approximate surface area is 167 Å². The lowest BCUT2D eigenvalue weighted by atomic mass is 9.98. The normalized spacial score (nSPS) is 15.7. The summed E-state index contributed by atoms with van der Waals surface area (Å²) in [4.78, 5) is 4.83. The van der Waals surface area contributed by atoms with Gasteiger partial charge in [-0.1, -0.05) is 68.9 Å². The Balaban J connectivity index is 1.66. The van der Waals surface area contributed by atoms with Gasteiger partial charge in [-0.05, 0) is 41.6 Å². The molecule has 0 amide bonds. The first-order valence-corrected chi connectivity index (χ1v) is 13.9. The molecule has 0 radical (unpaired) electrons. The molecular formula is C25H27NOSi. The number of furan rings is 1. The van der Waals surface area contributed by atoms with Crippen LogP contribution in [0.3, 0.4) is 0 Å². The molecule has 0 atom stereocenters. The van der Waals surface area contributed by atoms with Crippen molar-refractivity contribution in [3.63, 3.8) is 0 Å². The van der Waals surface area contributed by atoms with E-state index in [-0.39, 0.29) is 0 Å². The third kappa shape index (κ3) is 2.89. The van der Waals surface area contributed by atoms with Gasteiger partial charge < -0.3 is 4.42 Å². The van der Waals surface area contributed by atoms with Crippen LogP contribution in [0.5, 0.6) is 0 Å². The number of fused-ring (bicyclic) bond motifs is 3. The molecule has 0 spiro atoms. The molecule has 0 bridgehead atoms. The van der Waals surface area contributed by atoms with Crippen molar-refractivity contribution in [3.8, 4) is 11.3 Å². The minimum atomic E-state index is -1.49. The molecule has 2 aromatic carbocycles. The maximum absolute atomic E-state index is 6.52. The van der Waals surface area contributed by atoms with Crippen LogP contribution in [0.15, 0.2) is 59.1 Å². The molecule has 0 aliphatic heterocycles. The molecule has 1 aliphatic rings. The van der Waals surface area contributed by atoms with Gasteiger partial charge in [0.2, 0.25) is 0 Å². The zero-order chi connectivity index (χ0) is 19.3. The molecule has 2 nitrogen and oxygen atoms in total. The molecule has 3 heteroatoms. The monoisotopic (exact) mass is 385 g/mol. The molecule has 2 aromatic heterocycles. The summed E-state index contributed by atoms with van der Waals surface area (Å²) >= 11 is 0. The molecule has 0 saturated heterocycles. The average molecular weight is 386 g/mol. The predicted octanol–water partition coefficient (Wildman–Crippen LogP) is 6.85. The van der Waals surface area contributed by atoms with Crippen LogP contribution >= 0.6 is 0 Å². The van der Waals surface area contributed by atoms with Gasteiger partial charge in [-0.3, -0.25) is 4.98 Å². The van der Waals surface area contributed by atoms with Gasteiger partial charge in [0, 0.05) is 22.5 Å². The quantitative estimate of drug-likeness (QED) is 0.360. The summed E-state index contributed by atoms with van der Waals surface area (Å²) in [7, 11) is -1.49. The topological polar surface area (TPSA) is 26.0 Å². The SMILES string of the molecule is C[Si](C)(C)c1cccc2c1oc1c(-c3ccc(C4CCCC4)cn3)cccc12. The Morgan fingerprint density at radius 1 is 0.857 bits per heavy atom. The second kappa shape index (κ2) is 6.59. The summed E-state index contributed by atoms with van der Waals surface area (Å²) in [6, 6.07) is 17.5. The molecule has 1 fully saturated rings. The molecule has 0 N–H and O–H groups in total. The standard InChI is InChI=1S/C25H27NOSi/c1-28(2,3)23-13-7-11-20-19-10-6-12-21(24(19)27-25(20)23)22-15-14-18(16-26-22)17-8-4-5-9-17/h6-7,10-17H,4-5,8-9H2,1-3H3. The van der Waals surface area contributed by atoms with Gasteiger partial charge in [0.1, 0.15) is 11.2 Å². The summed E-state index contributed by atoms with van der Waals surface area (Å²) in [5, 5.41) is 3.80. The summed E-state index contributed by atoms with van der Waals surface area (Å²) in [6.45, 7) is 7.12. The van der Waals surface area contributed by atoms with Gasteiger partial charge in [0.25, 0.3) is 0 Å². The predicted molar refractivity (Wildman–Crippen MR) is 121 cm³/mol. The van der Waals surface area contributed by atoms with Gasteiger partial charge in [0.05, 0.1) is 13.8 Å². The molecule has 142 valence electrons. The first-order valence-electron chi connectivity index (χ1n) is 10.4. The van der Waals surface area contributed by atoms with Crippen molar-refractivity contribution in [3.05, 3.63) is 60.3 Å². The maximum Gasteiger partial charge on any atom is 0.144 e. The third-order valence-corrected chi connectivity index (χ3v) is 8.23. The summed E-state index contributed by atoms with van der Waals surface area (Å²) in [5.41, 5.74) is 5.50. The number of aromatic nitrogens is 1. The lowest BCUT2D eigenvalue weighted by molar-refractivity contribution is 0.672. The van der Waals surface area contributed by atoms with Crippen LogP contribution in [0.4, 0.5) is 0 Å². The van der Waals surface area contributed by atoms with Gasteiger partial charge in [-0.2, -0.15) is 0 Å². The Morgan fingerprint density at radius 2 is 1.57 bits per heavy atom. The van der Waals surface area contributed by atoms with Gasteiger partial charge >= 0.3 is 0 Å². The van der Waals surface area contributed by atoms with Crippen molar-refractivity contribution in [1.29, 1.82) is 0 Å². The fourth-order valence-electron chi connectivity index (χ4n) is 4.68. The van der Waals surface area contributed by atoms with Gasteiger partial charge in [-0.25, -0.2) is 0 Å². The number of hydrogen-bond donors (Lipinski definition) is 0. The Morgan fingerprint density at radius 3 is 2.25 bits per heavy atom. The lowest BCUT2D eigenvalue weighted by Gasteiger charge is -2.16. The first kappa shape index (κ1) is 17.7. The molecule has 5 rings (SSSR count). The number of pyridine rings is 1. The fraction of sp³-hybridized carbons (Fsp3) is 0.320. The first-order chi connectivity index (χ1) is 13.5. The third-order valence-electron chi connectivity index (χ3n) is 6.22. The summed E-state index contributed by atoms with van der Waals surface area (Å²) in [5.74, 6) is 0.697. The Bertz CT molecular complexity index is 1150. The van der Waals surface area contributed by atoms with E-state index < -0.39 is 8.07 Å². The average Bonchev–Trinajstić information content (AvgIpc) is 3.35. The van der Waals surface area contributed by atoms with Crippen LogP contribution in [-0.4, -0.2) is 13.1 Å². The molecular weight excluding hydrogens is 358 g/mol. The summed E-state index contributed by atoms with van der Waals surface area (Å²) in [6.07, 6.45) is 7.40. The molecule has 4 aromatic rings. The number of para-hydroxylation sites is 2.